The molecule has 0 atom stereocenters. The number of nitrogens with two attached hydrogens (primary N) is 1. The van der Waals surface area contributed by atoms with Crippen molar-refractivity contribution >= 4 is 29.9 Å². The average molecular weight is 452 g/mol. The maximum Gasteiger partial charge on any atom is 0.188 e. The number of hydrogen-bond acceptors (Lipinski definition) is 3. The fraction of sp³-hybridized carbons (Fsp3) is 0.944. The summed E-state index contributed by atoms with van der Waals surface area (Å²) in [5.41, 5.74) is 6.39. The van der Waals surface area contributed by atoms with Crippen molar-refractivity contribution in [3.05, 3.63) is 0 Å². The second-order valence-corrected chi connectivity index (χ2v) is 7.76. The Kier molecular flexibility index (Phi) is 10.5. The lowest BCUT2D eigenvalue weighted by Crippen LogP contribution is -2.46. The van der Waals surface area contributed by atoms with Crippen molar-refractivity contribution in [3.8, 4) is 0 Å². The van der Waals surface area contributed by atoms with Gasteiger partial charge in [0.2, 0.25) is 0 Å². The molecule has 1 aliphatic heterocycles. The Labute approximate surface area is 165 Å². The van der Waals surface area contributed by atoms with Crippen LogP contribution < -0.4 is 11.1 Å². The van der Waals surface area contributed by atoms with E-state index in [-0.39, 0.29) is 24.0 Å². The molecule has 1 heterocycles. The first kappa shape index (κ1) is 22.0. The molecular formula is C18H37IN4O. The number of hydrogen-bond donors (Lipinski definition) is 2. The molecule has 2 fully saturated rings. The van der Waals surface area contributed by atoms with Gasteiger partial charge in [0.15, 0.2) is 5.96 Å². The van der Waals surface area contributed by atoms with Gasteiger partial charge in [-0.2, -0.15) is 0 Å². The van der Waals surface area contributed by atoms with Crippen LogP contribution in [0, 0.1) is 11.3 Å². The minimum atomic E-state index is 0. The summed E-state index contributed by atoms with van der Waals surface area (Å²) in [5.74, 6) is 1.32. The molecule has 0 unspecified atom stereocenters. The van der Waals surface area contributed by atoms with E-state index in [2.05, 4.69) is 24.1 Å². The zero-order chi connectivity index (χ0) is 16.5. The molecule has 1 aliphatic carbocycles. The molecule has 3 N–H and O–H groups in total. The summed E-state index contributed by atoms with van der Waals surface area (Å²) >= 11 is 0. The van der Waals surface area contributed by atoms with Gasteiger partial charge in [0.1, 0.15) is 0 Å². The van der Waals surface area contributed by atoms with E-state index in [0.717, 1.165) is 52.4 Å². The van der Waals surface area contributed by atoms with E-state index < -0.39 is 0 Å². The van der Waals surface area contributed by atoms with Crippen molar-refractivity contribution < 1.29 is 4.74 Å². The Hall–Kier alpha value is -0.0800. The molecule has 0 aromatic heterocycles. The number of morpholine rings is 1. The molecule has 0 amide bonds. The van der Waals surface area contributed by atoms with Gasteiger partial charge in [-0.25, -0.2) is 0 Å². The van der Waals surface area contributed by atoms with Gasteiger partial charge in [-0.15, -0.1) is 24.0 Å². The lowest BCUT2D eigenvalue weighted by molar-refractivity contribution is 0.00938. The zero-order valence-electron chi connectivity index (χ0n) is 15.6. The molecule has 0 bridgehead atoms. The van der Waals surface area contributed by atoms with E-state index in [0.29, 0.717) is 17.3 Å². The molecule has 2 aliphatic rings. The Bertz CT molecular complexity index is 364. The molecule has 1 saturated carbocycles. The minimum absolute atomic E-state index is 0. The van der Waals surface area contributed by atoms with Crippen LogP contribution in [0.1, 0.15) is 52.4 Å². The topological polar surface area (TPSA) is 62.9 Å². The maximum atomic E-state index is 6.07. The zero-order valence-corrected chi connectivity index (χ0v) is 17.9. The predicted molar refractivity (Wildman–Crippen MR) is 112 cm³/mol. The van der Waals surface area contributed by atoms with E-state index in [1.165, 1.54) is 32.1 Å². The third kappa shape index (κ3) is 7.87. The quantitative estimate of drug-likeness (QED) is 0.354. The van der Waals surface area contributed by atoms with Gasteiger partial charge < -0.3 is 15.8 Å². The van der Waals surface area contributed by atoms with E-state index in [1.54, 1.807) is 0 Å². The summed E-state index contributed by atoms with van der Waals surface area (Å²) in [5, 5.41) is 3.27. The van der Waals surface area contributed by atoms with Crippen molar-refractivity contribution in [1.29, 1.82) is 0 Å². The lowest BCUT2D eigenvalue weighted by atomic mass is 9.73. The first-order chi connectivity index (χ1) is 11.1. The van der Waals surface area contributed by atoms with Crippen LogP contribution in [-0.2, 0) is 4.74 Å². The largest absolute Gasteiger partial charge is 0.379 e. The number of ether oxygens (including phenoxy) is 1. The molecule has 0 aromatic rings. The Morgan fingerprint density at radius 3 is 2.50 bits per heavy atom. The molecular weight excluding hydrogens is 415 g/mol. The fourth-order valence-corrected chi connectivity index (χ4v) is 3.70. The number of aliphatic imine (C=N–C) groups is 1. The van der Waals surface area contributed by atoms with Gasteiger partial charge in [-0.05, 0) is 25.2 Å². The SMILES string of the molecule is CC(C)CCNC(N)=NCC1(CN2CCOCC2)CCCCC1.I. The molecule has 5 nitrogen and oxygen atoms in total. The van der Waals surface area contributed by atoms with Crippen LogP contribution in [0.2, 0.25) is 0 Å². The van der Waals surface area contributed by atoms with Gasteiger partial charge in [0.05, 0.1) is 13.2 Å². The summed E-state index contributed by atoms with van der Waals surface area (Å²) in [6.07, 6.45) is 7.74. The van der Waals surface area contributed by atoms with Gasteiger partial charge in [-0.1, -0.05) is 33.1 Å². The fourth-order valence-electron chi connectivity index (χ4n) is 3.70. The van der Waals surface area contributed by atoms with Crippen LogP contribution in [0.5, 0.6) is 0 Å². The van der Waals surface area contributed by atoms with Crippen molar-refractivity contribution in [2.75, 3.05) is 45.9 Å². The van der Waals surface area contributed by atoms with Crippen molar-refractivity contribution in [2.45, 2.75) is 52.4 Å². The van der Waals surface area contributed by atoms with Crippen LogP contribution >= 0.6 is 24.0 Å². The summed E-state index contributed by atoms with van der Waals surface area (Å²) < 4.78 is 5.48. The number of rotatable bonds is 7. The van der Waals surface area contributed by atoms with Crippen LogP contribution in [-0.4, -0.2) is 56.8 Å². The average Bonchev–Trinajstić information content (AvgIpc) is 2.55. The molecule has 0 aromatic carbocycles. The number of nitrogens with zero attached hydrogens (tertiary/aromatic N) is 2. The molecule has 6 heteroatoms. The Morgan fingerprint density at radius 1 is 1.21 bits per heavy atom. The summed E-state index contributed by atoms with van der Waals surface area (Å²) in [6, 6.07) is 0. The molecule has 0 spiro atoms. The van der Waals surface area contributed by atoms with Crippen molar-refractivity contribution in [3.63, 3.8) is 0 Å². The van der Waals surface area contributed by atoms with E-state index in [4.69, 9.17) is 15.5 Å². The third-order valence-corrected chi connectivity index (χ3v) is 5.19. The van der Waals surface area contributed by atoms with Gasteiger partial charge in [0, 0.05) is 38.1 Å². The summed E-state index contributed by atoms with van der Waals surface area (Å²) in [4.78, 5) is 7.27. The van der Waals surface area contributed by atoms with Crippen LogP contribution in [0.3, 0.4) is 0 Å². The Morgan fingerprint density at radius 2 is 1.88 bits per heavy atom. The highest BCUT2D eigenvalue weighted by atomic mass is 127. The molecule has 1 saturated heterocycles. The highest BCUT2D eigenvalue weighted by Crippen LogP contribution is 2.37. The molecule has 24 heavy (non-hydrogen) atoms. The second kappa shape index (κ2) is 11.5. The van der Waals surface area contributed by atoms with Crippen LogP contribution in [0.25, 0.3) is 0 Å². The first-order valence-corrected chi connectivity index (χ1v) is 9.44. The lowest BCUT2D eigenvalue weighted by Gasteiger charge is -2.41. The number of halogens is 1. The highest BCUT2D eigenvalue weighted by molar-refractivity contribution is 14.0. The van der Waals surface area contributed by atoms with Crippen LogP contribution in [0.15, 0.2) is 4.99 Å². The smallest absolute Gasteiger partial charge is 0.188 e. The maximum absolute atomic E-state index is 6.07. The summed E-state index contributed by atoms with van der Waals surface area (Å²) in [6.45, 7) is 11.3. The second-order valence-electron chi connectivity index (χ2n) is 7.76. The highest BCUT2D eigenvalue weighted by Gasteiger charge is 2.34. The molecule has 2 rings (SSSR count). The monoisotopic (exact) mass is 452 g/mol. The first-order valence-electron chi connectivity index (χ1n) is 9.44. The minimum Gasteiger partial charge on any atom is -0.379 e. The van der Waals surface area contributed by atoms with Crippen molar-refractivity contribution in [1.82, 2.24) is 10.2 Å². The van der Waals surface area contributed by atoms with E-state index in [9.17, 15) is 0 Å². The Balaban J connectivity index is 0.00000288. The van der Waals surface area contributed by atoms with E-state index >= 15 is 0 Å². The van der Waals surface area contributed by atoms with E-state index in [1.807, 2.05) is 0 Å². The van der Waals surface area contributed by atoms with Gasteiger partial charge in [0.25, 0.3) is 0 Å². The summed E-state index contributed by atoms with van der Waals surface area (Å²) in [7, 11) is 0. The third-order valence-electron chi connectivity index (χ3n) is 5.19. The molecule has 0 radical (unpaired) electrons. The molecule has 142 valence electrons. The van der Waals surface area contributed by atoms with Crippen LogP contribution in [0.4, 0.5) is 0 Å². The standard InChI is InChI=1S/C18H36N4O.HI/c1-16(2)6-9-20-17(19)21-14-18(7-4-3-5-8-18)15-22-10-12-23-13-11-22;/h16H,3-15H2,1-2H3,(H3,19,20,21);1H. The van der Waals surface area contributed by atoms with Gasteiger partial charge >= 0.3 is 0 Å². The van der Waals surface area contributed by atoms with Gasteiger partial charge in [-0.3, -0.25) is 9.89 Å². The normalized spacial score (nSPS) is 22.2. The van der Waals surface area contributed by atoms with Crippen molar-refractivity contribution in [2.24, 2.45) is 22.1 Å². The number of nitrogens with one attached hydrogen (secondary N) is 1. The number of guanidine groups is 1. The predicted octanol–water partition coefficient (Wildman–Crippen LogP) is 2.84.